The molecule has 1 aromatic rings. The summed E-state index contributed by atoms with van der Waals surface area (Å²) in [6, 6.07) is 8.50. The zero-order chi connectivity index (χ0) is 43.6. The Balaban J connectivity index is 0.000000359. The molecule has 2 spiro atoms. The summed E-state index contributed by atoms with van der Waals surface area (Å²) in [5.41, 5.74) is 0.997. The first-order valence-electron chi connectivity index (χ1n) is 23.3. The lowest BCUT2D eigenvalue weighted by molar-refractivity contribution is -0.384. The third-order valence-electron chi connectivity index (χ3n) is 18.6. The van der Waals surface area contributed by atoms with E-state index in [4.69, 9.17) is 30.2 Å². The monoisotopic (exact) mass is 871 g/mol. The highest BCUT2D eigenvalue weighted by atomic mass is 35.5. The second kappa shape index (κ2) is 16.9. The Bertz CT molecular complexity index is 1740. The third-order valence-corrected chi connectivity index (χ3v) is 23.3. The number of non-ortho nitro benzene ring substituents is 1. The number of carbonyl (C=O) groups is 1. The van der Waals surface area contributed by atoms with E-state index in [1.165, 1.54) is 82.1 Å². The van der Waals surface area contributed by atoms with Gasteiger partial charge in [0.05, 0.1) is 29.3 Å². The Hall–Kier alpha value is -1.86. The number of nitrogens with zero attached hydrogens (tertiary/aromatic N) is 1. The van der Waals surface area contributed by atoms with Crippen molar-refractivity contribution in [1.82, 2.24) is 0 Å². The predicted molar refractivity (Wildman–Crippen MR) is 236 cm³/mol. The van der Waals surface area contributed by atoms with E-state index < -0.39 is 24.8 Å². The van der Waals surface area contributed by atoms with Crippen LogP contribution >= 0.6 is 11.6 Å². The van der Waals surface area contributed by atoms with Gasteiger partial charge in [-0.2, -0.15) is 0 Å². The molecule has 1 N–H and O–H groups in total. The van der Waals surface area contributed by atoms with Crippen molar-refractivity contribution in [2.24, 2.45) is 50.7 Å². The van der Waals surface area contributed by atoms with Crippen LogP contribution in [0.4, 0.5) is 10.5 Å². The second-order valence-corrected chi connectivity index (χ2v) is 26.2. The van der Waals surface area contributed by atoms with Gasteiger partial charge in [0.1, 0.15) is 11.9 Å². The van der Waals surface area contributed by atoms with E-state index in [9.17, 15) is 20.0 Å². The van der Waals surface area contributed by atoms with Crippen LogP contribution in [0.5, 0.6) is 5.75 Å². The molecule has 12 heteroatoms. The molecule has 2 heterocycles. The van der Waals surface area contributed by atoms with E-state index in [1.807, 2.05) is 6.92 Å². The van der Waals surface area contributed by atoms with Crippen LogP contribution in [0.15, 0.2) is 36.4 Å². The van der Waals surface area contributed by atoms with E-state index in [0.717, 1.165) is 43.2 Å². The summed E-state index contributed by atoms with van der Waals surface area (Å²) < 4.78 is 32.5. The average molecular weight is 873 g/mol. The number of nitro groups is 1. The van der Waals surface area contributed by atoms with Crippen LogP contribution in [-0.4, -0.2) is 67.2 Å². The van der Waals surface area contributed by atoms with Crippen molar-refractivity contribution in [2.75, 3.05) is 6.61 Å². The minimum atomic E-state index is -1.95. The van der Waals surface area contributed by atoms with Gasteiger partial charge < -0.3 is 28.5 Å². The topological polar surface area (TPSA) is 127 Å². The Morgan fingerprint density at radius 1 is 1.00 bits per heavy atom. The lowest BCUT2D eigenvalue weighted by atomic mass is 9.41. The van der Waals surface area contributed by atoms with Gasteiger partial charge in [0.2, 0.25) is 0 Å². The molecule has 2 saturated heterocycles. The molecule has 0 aromatic heterocycles. The standard InChI is InChI=1S/C41H70O5Si.C7H4ClNO4/c1-11-47(12-2,13-3)46-36-35-33(27(6)24-28(44-35)34(42)26(4)5)38(9)21-22-41-25-40(41)20-19-31(45-32-16-14-15-23-43-32)37(7,8)29(40)17-18-30(41)39(36,38)10;8-7(10)13-6-3-1-5(2-4-6)9(11)12/h27-36,42H,4,11-25H2,1-3,5-10H3;1-4H/t27-,28-,29+,30+,31?,32+,33+,34-,35+,36+,38-,39-,40-,41?;/m1./s1. The highest BCUT2D eigenvalue weighted by Crippen LogP contribution is 2.89. The summed E-state index contributed by atoms with van der Waals surface area (Å²) in [6.45, 7) is 27.0. The number of carbonyl (C=O) groups excluding carboxylic acids is 1. The Morgan fingerprint density at radius 2 is 1.65 bits per heavy atom. The van der Waals surface area contributed by atoms with Crippen LogP contribution in [0.1, 0.15) is 133 Å². The normalized spacial score (nSPS) is 41.8. The minimum absolute atomic E-state index is 0.00467. The van der Waals surface area contributed by atoms with Crippen LogP contribution in [0.2, 0.25) is 18.1 Å². The molecule has 2 unspecified atom stereocenters. The molecule has 5 saturated carbocycles. The van der Waals surface area contributed by atoms with E-state index in [2.05, 4.69) is 66.7 Å². The van der Waals surface area contributed by atoms with Gasteiger partial charge >= 0.3 is 5.43 Å². The molecule has 1 aromatic carbocycles. The lowest BCUT2D eigenvalue weighted by Crippen LogP contribution is -2.61. The average Bonchev–Trinajstić information content (AvgIpc) is 3.84. The molecule has 0 bridgehead atoms. The summed E-state index contributed by atoms with van der Waals surface area (Å²) in [4.78, 5) is 19.9. The molecule has 336 valence electrons. The summed E-state index contributed by atoms with van der Waals surface area (Å²) in [6.07, 6.45) is 13.2. The first-order chi connectivity index (χ1) is 28.3. The van der Waals surface area contributed by atoms with Crippen molar-refractivity contribution in [3.05, 3.63) is 46.5 Å². The molecule has 10 nitrogen and oxygen atoms in total. The van der Waals surface area contributed by atoms with E-state index in [-0.39, 0.29) is 52.3 Å². The maximum atomic E-state index is 11.3. The fourth-order valence-electron chi connectivity index (χ4n) is 15.2. The number of rotatable bonds is 11. The molecule has 60 heavy (non-hydrogen) atoms. The number of benzene rings is 1. The van der Waals surface area contributed by atoms with Gasteiger partial charge in [0.25, 0.3) is 5.69 Å². The summed E-state index contributed by atoms with van der Waals surface area (Å²) >= 11 is 4.92. The number of nitro benzene ring substituents is 1. The smallest absolute Gasteiger partial charge is 0.409 e. The molecule has 14 atom stereocenters. The molecule has 2 aliphatic heterocycles. The number of ether oxygens (including phenoxy) is 4. The van der Waals surface area contributed by atoms with Crippen LogP contribution in [0.25, 0.3) is 0 Å². The van der Waals surface area contributed by atoms with Crippen molar-refractivity contribution >= 4 is 31.0 Å². The van der Waals surface area contributed by atoms with Gasteiger partial charge in [-0.1, -0.05) is 62.0 Å². The molecule has 5 aliphatic carbocycles. The van der Waals surface area contributed by atoms with Gasteiger partial charge in [-0.25, -0.2) is 4.79 Å². The highest BCUT2D eigenvalue weighted by molar-refractivity contribution is 6.73. The van der Waals surface area contributed by atoms with Gasteiger partial charge in [0, 0.05) is 35.8 Å². The maximum absolute atomic E-state index is 11.3. The second-order valence-electron chi connectivity index (χ2n) is 21.2. The highest BCUT2D eigenvalue weighted by Gasteiger charge is 2.85. The maximum Gasteiger partial charge on any atom is 0.409 e. The zero-order valence-corrected chi connectivity index (χ0v) is 39.7. The molecule has 7 aliphatic rings. The predicted octanol–water partition coefficient (Wildman–Crippen LogP) is 12.0. The summed E-state index contributed by atoms with van der Waals surface area (Å²) in [5, 5.41) is 21.5. The van der Waals surface area contributed by atoms with E-state index in [0.29, 0.717) is 40.6 Å². The van der Waals surface area contributed by atoms with Crippen LogP contribution in [0.3, 0.4) is 0 Å². The van der Waals surface area contributed by atoms with Crippen molar-refractivity contribution < 1.29 is 38.2 Å². The van der Waals surface area contributed by atoms with E-state index >= 15 is 0 Å². The first kappa shape index (κ1) is 46.1. The number of hydrogen-bond donors (Lipinski definition) is 1. The van der Waals surface area contributed by atoms with Crippen molar-refractivity contribution in [3.8, 4) is 5.75 Å². The van der Waals surface area contributed by atoms with Crippen molar-refractivity contribution in [1.29, 1.82) is 0 Å². The molecule has 0 amide bonds. The van der Waals surface area contributed by atoms with Crippen molar-refractivity contribution in [3.63, 3.8) is 0 Å². The summed E-state index contributed by atoms with van der Waals surface area (Å²) in [5.74, 6) is 2.49. The largest absolute Gasteiger partial charge is 0.414 e. The van der Waals surface area contributed by atoms with Crippen LogP contribution in [-0.2, 0) is 18.6 Å². The Morgan fingerprint density at radius 3 is 2.23 bits per heavy atom. The quantitative estimate of drug-likeness (QED) is 0.0577. The van der Waals surface area contributed by atoms with Gasteiger partial charge in [0.15, 0.2) is 14.6 Å². The fraction of sp³-hybridized carbons (Fsp3) is 0.812. The minimum Gasteiger partial charge on any atom is -0.414 e. The van der Waals surface area contributed by atoms with Crippen LogP contribution < -0.4 is 4.74 Å². The van der Waals surface area contributed by atoms with Crippen molar-refractivity contribution in [2.45, 2.75) is 188 Å². The van der Waals surface area contributed by atoms with Gasteiger partial charge in [-0.3, -0.25) is 10.1 Å². The number of hydrogen-bond acceptors (Lipinski definition) is 9. The van der Waals surface area contributed by atoms with E-state index in [1.54, 1.807) is 0 Å². The lowest BCUT2D eigenvalue weighted by Gasteiger charge is -2.64. The SMILES string of the molecule is C=C(C)[C@@H](O)[C@H]1C[C@@H](C)[C@H]2[C@H](O1)[C@H](O[Si](CC)(CC)CC)[C@@]1(C)[C@@H]3CC[C@H]4C(C)(C)C(O[C@H]5CCCCO5)CC[C@@]45CC35CC[C@]21C.O=C(Cl)Oc1ccc([N+](=O)[O-])cc1. The number of fused-ring (bicyclic) bond motifs is 4. The number of aliphatic hydroxyl groups excluding tert-OH is 1. The molecular formula is C48H74ClNO9Si. The van der Waals surface area contributed by atoms with Crippen LogP contribution in [0, 0.1) is 60.9 Å². The third kappa shape index (κ3) is 7.37. The number of halogens is 1. The zero-order valence-electron chi connectivity index (χ0n) is 37.9. The summed E-state index contributed by atoms with van der Waals surface area (Å²) in [7, 11) is -1.95. The molecule has 8 rings (SSSR count). The first-order valence-corrected chi connectivity index (χ1v) is 26.3. The van der Waals surface area contributed by atoms with Gasteiger partial charge in [-0.15, -0.1) is 0 Å². The fourth-order valence-corrected chi connectivity index (χ4v) is 18.2. The number of aliphatic hydroxyl groups is 1. The molecular weight excluding hydrogens is 798 g/mol. The molecule has 0 radical (unpaired) electrons. The molecule has 7 fully saturated rings. The van der Waals surface area contributed by atoms with Gasteiger partial charge in [-0.05, 0) is 159 Å². The Kier molecular flexibility index (Phi) is 13.0. The Labute approximate surface area is 365 Å².